The molecule has 0 aromatic heterocycles. The van der Waals surface area contributed by atoms with Crippen LogP contribution in [0.2, 0.25) is 0 Å². The highest BCUT2D eigenvalue weighted by Gasteiger charge is 2.32. The van der Waals surface area contributed by atoms with Crippen molar-refractivity contribution in [3.63, 3.8) is 0 Å². The van der Waals surface area contributed by atoms with Crippen LogP contribution in [0.25, 0.3) is 0 Å². The zero-order chi connectivity index (χ0) is 9.52. The zero-order valence-electron chi connectivity index (χ0n) is 8.80. The van der Waals surface area contributed by atoms with Crippen LogP contribution in [-0.2, 0) is 4.74 Å². The number of epoxide rings is 1. The smallest absolute Gasteiger partial charge is 0.0838 e. The molecular formula is C11H23NO. The molecule has 0 bridgehead atoms. The van der Waals surface area contributed by atoms with Crippen molar-refractivity contribution >= 4 is 0 Å². The van der Waals surface area contributed by atoms with E-state index in [4.69, 9.17) is 10.5 Å². The number of ether oxygens (including phenoxy) is 1. The Hall–Kier alpha value is -0.0800. The molecule has 2 nitrogen and oxygen atoms in total. The van der Waals surface area contributed by atoms with Gasteiger partial charge in [-0.05, 0) is 31.7 Å². The maximum Gasteiger partial charge on any atom is 0.0838 e. The average molecular weight is 185 g/mol. The highest BCUT2D eigenvalue weighted by Crippen LogP contribution is 2.32. The fourth-order valence-electron chi connectivity index (χ4n) is 1.83. The summed E-state index contributed by atoms with van der Waals surface area (Å²) in [5.74, 6) is 0.943. The van der Waals surface area contributed by atoms with Crippen LogP contribution in [0.5, 0.6) is 0 Å². The van der Waals surface area contributed by atoms with E-state index >= 15 is 0 Å². The van der Waals surface area contributed by atoms with Gasteiger partial charge in [0.05, 0.1) is 12.7 Å². The lowest BCUT2D eigenvalue weighted by Crippen LogP contribution is -2.11. The summed E-state index contributed by atoms with van der Waals surface area (Å²) in [7, 11) is 0. The highest BCUT2D eigenvalue weighted by atomic mass is 16.6. The first-order chi connectivity index (χ1) is 6.38. The van der Waals surface area contributed by atoms with Crippen LogP contribution in [0.1, 0.15) is 45.4 Å². The first kappa shape index (κ1) is 11.0. The van der Waals surface area contributed by atoms with Crippen LogP contribution in [0, 0.1) is 5.92 Å². The molecule has 2 rings (SSSR count). The van der Waals surface area contributed by atoms with Crippen molar-refractivity contribution in [3.8, 4) is 0 Å². The van der Waals surface area contributed by atoms with Crippen LogP contribution in [-0.4, -0.2) is 19.3 Å². The van der Waals surface area contributed by atoms with Crippen LogP contribution in [0.15, 0.2) is 0 Å². The monoisotopic (exact) mass is 185 g/mol. The SMILES string of the molecule is C1CCC(C2CO2)CC1.CCCN. The zero-order valence-corrected chi connectivity index (χ0v) is 8.80. The Morgan fingerprint density at radius 2 is 1.77 bits per heavy atom. The van der Waals surface area contributed by atoms with Gasteiger partial charge < -0.3 is 10.5 Å². The highest BCUT2D eigenvalue weighted by molar-refractivity contribution is 4.81. The Morgan fingerprint density at radius 3 is 2.15 bits per heavy atom. The molecule has 0 amide bonds. The van der Waals surface area contributed by atoms with Gasteiger partial charge in [-0.3, -0.25) is 0 Å². The summed E-state index contributed by atoms with van der Waals surface area (Å²) < 4.78 is 5.25. The molecule has 1 unspecified atom stereocenters. The van der Waals surface area contributed by atoms with Gasteiger partial charge in [0.1, 0.15) is 0 Å². The predicted octanol–water partition coefficient (Wildman–Crippen LogP) is 2.32. The van der Waals surface area contributed by atoms with Gasteiger partial charge >= 0.3 is 0 Å². The Labute approximate surface area is 81.8 Å². The van der Waals surface area contributed by atoms with Crippen molar-refractivity contribution in [2.24, 2.45) is 11.7 Å². The van der Waals surface area contributed by atoms with Crippen LogP contribution in [0.4, 0.5) is 0 Å². The van der Waals surface area contributed by atoms with Gasteiger partial charge in [0.15, 0.2) is 0 Å². The molecule has 1 aliphatic carbocycles. The maximum atomic E-state index is 5.25. The molecule has 1 aliphatic heterocycles. The molecule has 78 valence electrons. The first-order valence-corrected chi connectivity index (χ1v) is 5.70. The van der Waals surface area contributed by atoms with Gasteiger partial charge in [-0.15, -0.1) is 0 Å². The summed E-state index contributed by atoms with van der Waals surface area (Å²) in [6.45, 7) is 3.94. The van der Waals surface area contributed by atoms with Crippen molar-refractivity contribution in [2.75, 3.05) is 13.2 Å². The summed E-state index contributed by atoms with van der Waals surface area (Å²) >= 11 is 0. The summed E-state index contributed by atoms with van der Waals surface area (Å²) in [5, 5.41) is 0. The van der Waals surface area contributed by atoms with E-state index in [0.717, 1.165) is 25.5 Å². The van der Waals surface area contributed by atoms with E-state index in [9.17, 15) is 0 Å². The molecule has 0 aromatic rings. The van der Waals surface area contributed by atoms with Gasteiger partial charge in [0.25, 0.3) is 0 Å². The molecule has 2 N–H and O–H groups in total. The second-order valence-corrected chi connectivity index (χ2v) is 4.06. The van der Waals surface area contributed by atoms with Crippen molar-refractivity contribution in [3.05, 3.63) is 0 Å². The number of hydrogen-bond donors (Lipinski definition) is 1. The summed E-state index contributed by atoms with van der Waals surface area (Å²) in [5.41, 5.74) is 5.03. The quantitative estimate of drug-likeness (QED) is 0.670. The molecule has 2 heteroatoms. The fraction of sp³-hybridized carbons (Fsp3) is 1.00. The lowest BCUT2D eigenvalue weighted by atomic mass is 9.87. The average Bonchev–Trinajstić information content (AvgIpc) is 3.03. The number of nitrogens with two attached hydrogens (primary N) is 1. The van der Waals surface area contributed by atoms with E-state index in [1.807, 2.05) is 0 Å². The second-order valence-electron chi connectivity index (χ2n) is 4.06. The maximum absolute atomic E-state index is 5.25. The third-order valence-electron chi connectivity index (χ3n) is 2.82. The Morgan fingerprint density at radius 1 is 1.23 bits per heavy atom. The van der Waals surface area contributed by atoms with E-state index in [-0.39, 0.29) is 0 Å². The van der Waals surface area contributed by atoms with Gasteiger partial charge in [0, 0.05) is 0 Å². The van der Waals surface area contributed by atoms with Crippen molar-refractivity contribution in [2.45, 2.75) is 51.6 Å². The molecule has 0 radical (unpaired) electrons. The molecule has 0 spiro atoms. The summed E-state index contributed by atoms with van der Waals surface area (Å²) in [6, 6.07) is 0. The fourth-order valence-corrected chi connectivity index (χ4v) is 1.83. The van der Waals surface area contributed by atoms with E-state index in [2.05, 4.69) is 6.92 Å². The molecular weight excluding hydrogens is 162 g/mol. The minimum absolute atomic E-state index is 0.685. The van der Waals surface area contributed by atoms with Crippen LogP contribution >= 0.6 is 0 Å². The predicted molar refractivity (Wildman–Crippen MR) is 55.7 cm³/mol. The number of rotatable bonds is 2. The Balaban J connectivity index is 0.000000184. The van der Waals surface area contributed by atoms with E-state index in [1.54, 1.807) is 0 Å². The summed E-state index contributed by atoms with van der Waals surface area (Å²) in [4.78, 5) is 0. The second kappa shape index (κ2) is 6.39. The van der Waals surface area contributed by atoms with Gasteiger partial charge in [-0.25, -0.2) is 0 Å². The standard InChI is InChI=1S/C8H14O.C3H9N/c1-2-4-7(5-3-1)8-6-9-8;1-2-3-4/h7-8H,1-6H2;2-4H2,1H3. The van der Waals surface area contributed by atoms with Crippen molar-refractivity contribution in [1.82, 2.24) is 0 Å². The number of hydrogen-bond acceptors (Lipinski definition) is 2. The van der Waals surface area contributed by atoms with Crippen LogP contribution in [0.3, 0.4) is 0 Å². The molecule has 13 heavy (non-hydrogen) atoms. The minimum Gasteiger partial charge on any atom is -0.373 e. The topological polar surface area (TPSA) is 38.5 Å². The van der Waals surface area contributed by atoms with Crippen molar-refractivity contribution < 1.29 is 4.74 Å². The molecule has 1 saturated carbocycles. The third kappa shape index (κ3) is 4.63. The molecule has 2 aliphatic rings. The summed E-state index contributed by atoms with van der Waals surface area (Å²) in [6.07, 6.45) is 9.01. The lowest BCUT2D eigenvalue weighted by Gasteiger charge is -2.18. The largest absolute Gasteiger partial charge is 0.373 e. The molecule has 1 heterocycles. The third-order valence-corrected chi connectivity index (χ3v) is 2.82. The molecule has 0 aromatic carbocycles. The van der Waals surface area contributed by atoms with Gasteiger partial charge in [0.2, 0.25) is 0 Å². The lowest BCUT2D eigenvalue weighted by molar-refractivity contribution is 0.266. The molecule has 2 fully saturated rings. The van der Waals surface area contributed by atoms with Gasteiger partial charge in [-0.2, -0.15) is 0 Å². The minimum atomic E-state index is 0.685. The van der Waals surface area contributed by atoms with E-state index < -0.39 is 0 Å². The Kier molecular flexibility index (Phi) is 5.40. The first-order valence-electron chi connectivity index (χ1n) is 5.70. The van der Waals surface area contributed by atoms with Crippen molar-refractivity contribution in [1.29, 1.82) is 0 Å². The van der Waals surface area contributed by atoms with E-state index in [0.29, 0.717) is 6.10 Å². The normalized spacial score (nSPS) is 27.7. The molecule has 1 saturated heterocycles. The van der Waals surface area contributed by atoms with Crippen LogP contribution < -0.4 is 5.73 Å². The van der Waals surface area contributed by atoms with E-state index in [1.165, 1.54) is 32.1 Å². The Bertz CT molecular complexity index is 115. The molecule has 1 atom stereocenters. The van der Waals surface area contributed by atoms with Gasteiger partial charge in [-0.1, -0.05) is 26.2 Å².